The van der Waals surface area contributed by atoms with Crippen LogP contribution in [0, 0.1) is 0 Å². The number of rotatable bonds is 6. The van der Waals surface area contributed by atoms with Crippen molar-refractivity contribution in [3.8, 4) is 0 Å². The van der Waals surface area contributed by atoms with Crippen molar-refractivity contribution in [2.24, 2.45) is 0 Å². The average molecular weight is 262 g/mol. The molecule has 5 heteroatoms. The molecule has 0 atom stereocenters. The maximum atomic E-state index is 11.7. The van der Waals surface area contributed by atoms with E-state index in [-0.39, 0.29) is 5.91 Å². The molecule has 1 aromatic rings. The van der Waals surface area contributed by atoms with Gasteiger partial charge < -0.3 is 15.5 Å². The van der Waals surface area contributed by atoms with Crippen LogP contribution in [0.3, 0.4) is 0 Å². The van der Waals surface area contributed by atoms with Gasteiger partial charge in [0, 0.05) is 51.5 Å². The molecule has 0 bridgehead atoms. The minimum atomic E-state index is 0.124. The third-order valence-corrected chi connectivity index (χ3v) is 3.30. The molecule has 2 heterocycles. The van der Waals surface area contributed by atoms with Crippen LogP contribution in [0.4, 0.5) is 0 Å². The van der Waals surface area contributed by atoms with Gasteiger partial charge in [0.25, 0.3) is 0 Å². The van der Waals surface area contributed by atoms with Crippen molar-refractivity contribution in [2.45, 2.75) is 19.4 Å². The molecule has 0 spiro atoms. The Bertz CT molecular complexity index is 376. The van der Waals surface area contributed by atoms with Gasteiger partial charge in [-0.15, -0.1) is 0 Å². The van der Waals surface area contributed by atoms with Crippen LogP contribution in [-0.4, -0.2) is 48.5 Å². The first-order chi connectivity index (χ1) is 9.34. The number of pyridine rings is 1. The monoisotopic (exact) mass is 262 g/mol. The summed E-state index contributed by atoms with van der Waals surface area (Å²) in [5, 5.41) is 6.25. The number of carbonyl (C=O) groups is 1. The predicted molar refractivity (Wildman–Crippen MR) is 74.6 cm³/mol. The Kier molecular flexibility index (Phi) is 5.78. The molecule has 0 unspecified atom stereocenters. The normalized spacial score (nSPS) is 16.2. The minimum Gasteiger partial charge on any atom is -0.352 e. The molecule has 1 aromatic heterocycles. The highest BCUT2D eigenvalue weighted by Gasteiger charge is 2.09. The summed E-state index contributed by atoms with van der Waals surface area (Å²) in [4.78, 5) is 18.1. The van der Waals surface area contributed by atoms with E-state index in [4.69, 9.17) is 0 Å². The summed E-state index contributed by atoms with van der Waals surface area (Å²) in [6.45, 7) is 5.90. The van der Waals surface area contributed by atoms with E-state index in [2.05, 4.69) is 20.5 Å². The molecule has 0 saturated carbocycles. The van der Waals surface area contributed by atoms with Crippen molar-refractivity contribution < 1.29 is 4.79 Å². The van der Waals surface area contributed by atoms with Crippen LogP contribution in [0.5, 0.6) is 0 Å². The molecule has 1 fully saturated rings. The Balaban J connectivity index is 1.57. The second-order valence-corrected chi connectivity index (χ2v) is 4.83. The summed E-state index contributed by atoms with van der Waals surface area (Å²) in [6.07, 6.45) is 5.04. The summed E-state index contributed by atoms with van der Waals surface area (Å²) in [5.41, 5.74) is 1.04. The van der Waals surface area contributed by atoms with Gasteiger partial charge >= 0.3 is 0 Å². The molecule has 1 amide bonds. The SMILES string of the molecule is O=C(CCCN1CCNCC1)NCc1cccnc1. The van der Waals surface area contributed by atoms with E-state index >= 15 is 0 Å². The van der Waals surface area contributed by atoms with E-state index in [1.54, 1.807) is 12.4 Å². The molecule has 1 saturated heterocycles. The van der Waals surface area contributed by atoms with Crippen LogP contribution < -0.4 is 10.6 Å². The standard InChI is InChI=1S/C14H22N4O/c19-14(17-12-13-3-1-5-16-11-13)4-2-8-18-9-6-15-7-10-18/h1,3,5,11,15H,2,4,6-10,12H2,(H,17,19). The van der Waals surface area contributed by atoms with Crippen molar-refractivity contribution in [2.75, 3.05) is 32.7 Å². The van der Waals surface area contributed by atoms with Crippen molar-refractivity contribution in [1.82, 2.24) is 20.5 Å². The lowest BCUT2D eigenvalue weighted by molar-refractivity contribution is -0.121. The van der Waals surface area contributed by atoms with Crippen LogP contribution in [0.2, 0.25) is 0 Å². The molecule has 2 rings (SSSR count). The van der Waals surface area contributed by atoms with Crippen LogP contribution in [0.15, 0.2) is 24.5 Å². The highest BCUT2D eigenvalue weighted by Crippen LogP contribution is 1.99. The first-order valence-corrected chi connectivity index (χ1v) is 6.93. The molecule has 5 nitrogen and oxygen atoms in total. The van der Waals surface area contributed by atoms with Crippen molar-refractivity contribution >= 4 is 5.91 Å². The van der Waals surface area contributed by atoms with Gasteiger partial charge in [-0.3, -0.25) is 9.78 Å². The third-order valence-electron chi connectivity index (χ3n) is 3.30. The van der Waals surface area contributed by atoms with Gasteiger partial charge in [-0.05, 0) is 24.6 Å². The number of piperazine rings is 1. The topological polar surface area (TPSA) is 57.3 Å². The van der Waals surface area contributed by atoms with Crippen molar-refractivity contribution in [1.29, 1.82) is 0 Å². The Morgan fingerprint density at radius 2 is 2.26 bits per heavy atom. The molecular weight excluding hydrogens is 240 g/mol. The molecule has 0 radical (unpaired) electrons. The van der Waals surface area contributed by atoms with Crippen LogP contribution >= 0.6 is 0 Å². The quantitative estimate of drug-likeness (QED) is 0.778. The van der Waals surface area contributed by atoms with Gasteiger partial charge in [0.05, 0.1) is 0 Å². The summed E-state index contributed by atoms with van der Waals surface area (Å²) in [5.74, 6) is 0.124. The lowest BCUT2D eigenvalue weighted by atomic mass is 10.2. The van der Waals surface area contributed by atoms with Gasteiger partial charge in [-0.1, -0.05) is 6.07 Å². The number of nitrogens with one attached hydrogen (secondary N) is 2. The minimum absolute atomic E-state index is 0.124. The fraction of sp³-hybridized carbons (Fsp3) is 0.571. The molecule has 1 aliphatic rings. The van der Waals surface area contributed by atoms with Crippen molar-refractivity contribution in [3.05, 3.63) is 30.1 Å². The van der Waals surface area contributed by atoms with E-state index in [0.717, 1.165) is 44.7 Å². The highest BCUT2D eigenvalue weighted by molar-refractivity contribution is 5.75. The largest absolute Gasteiger partial charge is 0.352 e. The number of amides is 1. The smallest absolute Gasteiger partial charge is 0.220 e. The first-order valence-electron chi connectivity index (χ1n) is 6.93. The van der Waals surface area contributed by atoms with Gasteiger partial charge in [0.1, 0.15) is 0 Å². The summed E-state index contributed by atoms with van der Waals surface area (Å²) >= 11 is 0. The van der Waals surface area contributed by atoms with E-state index in [9.17, 15) is 4.79 Å². The molecular formula is C14H22N4O. The zero-order chi connectivity index (χ0) is 13.3. The van der Waals surface area contributed by atoms with Crippen LogP contribution in [0.25, 0.3) is 0 Å². The molecule has 0 aromatic carbocycles. The third kappa shape index (κ3) is 5.36. The number of carbonyl (C=O) groups excluding carboxylic acids is 1. The molecule has 0 aliphatic carbocycles. The van der Waals surface area contributed by atoms with Crippen LogP contribution in [-0.2, 0) is 11.3 Å². The fourth-order valence-corrected chi connectivity index (χ4v) is 2.19. The van der Waals surface area contributed by atoms with Gasteiger partial charge in [-0.25, -0.2) is 0 Å². The van der Waals surface area contributed by atoms with Gasteiger partial charge in [-0.2, -0.15) is 0 Å². The fourth-order valence-electron chi connectivity index (χ4n) is 2.19. The number of hydrogen-bond donors (Lipinski definition) is 2. The van der Waals surface area contributed by atoms with E-state index in [0.29, 0.717) is 13.0 Å². The number of hydrogen-bond acceptors (Lipinski definition) is 4. The maximum absolute atomic E-state index is 11.7. The molecule has 2 N–H and O–H groups in total. The van der Waals surface area contributed by atoms with Crippen LogP contribution in [0.1, 0.15) is 18.4 Å². The van der Waals surface area contributed by atoms with Crippen molar-refractivity contribution in [3.63, 3.8) is 0 Å². The first kappa shape index (κ1) is 14.0. The summed E-state index contributed by atoms with van der Waals surface area (Å²) in [6, 6.07) is 3.85. The number of aromatic nitrogens is 1. The number of nitrogens with zero attached hydrogens (tertiary/aromatic N) is 2. The Morgan fingerprint density at radius 1 is 1.42 bits per heavy atom. The second kappa shape index (κ2) is 7.86. The van der Waals surface area contributed by atoms with E-state index in [1.165, 1.54) is 0 Å². The molecule has 1 aliphatic heterocycles. The lowest BCUT2D eigenvalue weighted by Gasteiger charge is -2.26. The summed E-state index contributed by atoms with van der Waals surface area (Å²) in [7, 11) is 0. The van der Waals surface area contributed by atoms with Gasteiger partial charge in [0.2, 0.25) is 5.91 Å². The van der Waals surface area contributed by atoms with E-state index in [1.807, 2.05) is 12.1 Å². The van der Waals surface area contributed by atoms with E-state index < -0.39 is 0 Å². The zero-order valence-corrected chi connectivity index (χ0v) is 11.3. The predicted octanol–water partition coefficient (Wildman–Crippen LogP) is 0.383. The maximum Gasteiger partial charge on any atom is 0.220 e. The molecule has 19 heavy (non-hydrogen) atoms. The zero-order valence-electron chi connectivity index (χ0n) is 11.3. The second-order valence-electron chi connectivity index (χ2n) is 4.83. The molecule has 104 valence electrons. The average Bonchev–Trinajstić information content (AvgIpc) is 2.47. The van der Waals surface area contributed by atoms with Gasteiger partial charge in [0.15, 0.2) is 0 Å². The Hall–Kier alpha value is -1.46. The highest BCUT2D eigenvalue weighted by atomic mass is 16.1. The lowest BCUT2D eigenvalue weighted by Crippen LogP contribution is -2.43. The Morgan fingerprint density at radius 3 is 3.00 bits per heavy atom. The Labute approximate surface area is 114 Å². The summed E-state index contributed by atoms with van der Waals surface area (Å²) < 4.78 is 0.